The summed E-state index contributed by atoms with van der Waals surface area (Å²) in [5, 5.41) is 12.7. The molecule has 0 atom stereocenters. The molecular weight excluding hydrogens is 314 g/mol. The van der Waals surface area contributed by atoms with Crippen LogP contribution in [0.3, 0.4) is 0 Å². The molecule has 2 rings (SSSR count). The van der Waals surface area contributed by atoms with Gasteiger partial charge in [0.15, 0.2) is 0 Å². The van der Waals surface area contributed by atoms with Crippen molar-refractivity contribution in [2.75, 3.05) is 0 Å². The number of hydrogen-bond donors (Lipinski definition) is 1. The molecule has 2 aromatic rings. The van der Waals surface area contributed by atoms with Gasteiger partial charge in [0.25, 0.3) is 0 Å². The molecule has 0 spiro atoms. The highest BCUT2D eigenvalue weighted by molar-refractivity contribution is 7.99. The number of hydrogen-bond acceptors (Lipinski definition) is 6. The van der Waals surface area contributed by atoms with Gasteiger partial charge in [-0.05, 0) is 55.5 Å². The largest absolute Gasteiger partial charge is 0.508 e. The van der Waals surface area contributed by atoms with Crippen molar-refractivity contribution in [3.63, 3.8) is 0 Å². The number of carbonyl (C=O) groups excluding carboxylic acids is 2. The summed E-state index contributed by atoms with van der Waals surface area (Å²) in [6.07, 6.45) is 0. The topological polar surface area (TPSA) is 76.0 Å². The van der Waals surface area contributed by atoms with E-state index in [9.17, 15) is 14.7 Å². The van der Waals surface area contributed by atoms with Gasteiger partial charge in [-0.2, -0.15) is 0 Å². The second-order valence-corrected chi connectivity index (χ2v) is 5.86. The molecule has 5 nitrogen and oxygen atoms in total. The average Bonchev–Trinajstić information content (AvgIpc) is 2.55. The molecule has 2 aromatic carbocycles. The summed E-state index contributed by atoms with van der Waals surface area (Å²) in [6, 6.07) is 13.9. The SMILES string of the molecule is CC(=O)O/N=C(\C)C(=O)c1ccc(Sc2ccc(O)cc2)cc1. The number of rotatable bonds is 5. The summed E-state index contributed by atoms with van der Waals surface area (Å²) >= 11 is 1.52. The van der Waals surface area contributed by atoms with Gasteiger partial charge in [-0.25, -0.2) is 4.79 Å². The van der Waals surface area contributed by atoms with Crippen molar-refractivity contribution in [1.82, 2.24) is 0 Å². The zero-order valence-corrected chi connectivity index (χ0v) is 13.5. The molecule has 23 heavy (non-hydrogen) atoms. The molecule has 6 heteroatoms. The summed E-state index contributed by atoms with van der Waals surface area (Å²) in [5.74, 6) is -0.650. The number of oxime groups is 1. The molecule has 0 amide bonds. The number of ketones is 1. The van der Waals surface area contributed by atoms with Gasteiger partial charge in [0, 0.05) is 22.3 Å². The molecular formula is C17H15NO4S. The van der Waals surface area contributed by atoms with E-state index in [1.54, 1.807) is 24.3 Å². The number of Topliss-reactive ketones (excluding diaryl/α,β-unsaturated/α-hetero) is 1. The van der Waals surface area contributed by atoms with Crippen molar-refractivity contribution in [3.8, 4) is 5.75 Å². The Bertz CT molecular complexity index is 736. The lowest BCUT2D eigenvalue weighted by Gasteiger charge is -2.04. The summed E-state index contributed by atoms with van der Waals surface area (Å²) in [6.45, 7) is 2.71. The Kier molecular flexibility index (Phi) is 5.54. The molecule has 0 aliphatic heterocycles. The monoisotopic (exact) mass is 329 g/mol. The maximum absolute atomic E-state index is 12.1. The fraction of sp³-hybridized carbons (Fsp3) is 0.118. The van der Waals surface area contributed by atoms with Crippen LogP contribution in [-0.4, -0.2) is 22.6 Å². The van der Waals surface area contributed by atoms with Gasteiger partial charge >= 0.3 is 5.97 Å². The van der Waals surface area contributed by atoms with Crippen molar-refractivity contribution < 1.29 is 19.5 Å². The zero-order chi connectivity index (χ0) is 16.8. The summed E-state index contributed by atoms with van der Waals surface area (Å²) < 4.78 is 0. The Labute approximate surface area is 138 Å². The highest BCUT2D eigenvalue weighted by Gasteiger charge is 2.11. The smallest absolute Gasteiger partial charge is 0.331 e. The Balaban J connectivity index is 2.06. The molecule has 0 unspecified atom stereocenters. The summed E-state index contributed by atoms with van der Waals surface area (Å²) in [7, 11) is 0. The maximum atomic E-state index is 12.1. The number of aromatic hydroxyl groups is 1. The molecule has 0 aliphatic rings. The van der Waals surface area contributed by atoms with Crippen molar-refractivity contribution in [2.24, 2.45) is 5.16 Å². The van der Waals surface area contributed by atoms with E-state index in [4.69, 9.17) is 0 Å². The van der Waals surface area contributed by atoms with E-state index < -0.39 is 5.97 Å². The van der Waals surface area contributed by atoms with Gasteiger partial charge in [0.1, 0.15) is 11.5 Å². The highest BCUT2D eigenvalue weighted by atomic mass is 32.2. The predicted octanol–water partition coefficient (Wildman–Crippen LogP) is 3.67. The minimum absolute atomic E-state index is 0.110. The lowest BCUT2D eigenvalue weighted by atomic mass is 10.1. The van der Waals surface area contributed by atoms with Gasteiger partial charge in [0.2, 0.25) is 5.78 Å². The van der Waals surface area contributed by atoms with E-state index in [2.05, 4.69) is 9.99 Å². The molecule has 0 saturated carbocycles. The van der Waals surface area contributed by atoms with Crippen LogP contribution in [0.25, 0.3) is 0 Å². The van der Waals surface area contributed by atoms with Crippen LogP contribution in [0.2, 0.25) is 0 Å². The lowest BCUT2D eigenvalue weighted by molar-refractivity contribution is -0.140. The maximum Gasteiger partial charge on any atom is 0.331 e. The van der Waals surface area contributed by atoms with Crippen molar-refractivity contribution in [3.05, 3.63) is 54.1 Å². The van der Waals surface area contributed by atoms with Gasteiger partial charge in [0.05, 0.1) is 0 Å². The van der Waals surface area contributed by atoms with E-state index in [0.717, 1.165) is 9.79 Å². The molecule has 118 valence electrons. The summed E-state index contributed by atoms with van der Waals surface area (Å²) in [5.41, 5.74) is 0.576. The fourth-order valence-electron chi connectivity index (χ4n) is 1.71. The van der Waals surface area contributed by atoms with Crippen molar-refractivity contribution >= 4 is 29.2 Å². The zero-order valence-electron chi connectivity index (χ0n) is 12.6. The van der Waals surface area contributed by atoms with Crippen LogP contribution >= 0.6 is 11.8 Å². The van der Waals surface area contributed by atoms with Crippen LogP contribution in [0.15, 0.2) is 63.5 Å². The van der Waals surface area contributed by atoms with E-state index >= 15 is 0 Å². The van der Waals surface area contributed by atoms with Crippen LogP contribution in [0.5, 0.6) is 5.75 Å². The molecule has 0 fully saturated rings. The molecule has 0 radical (unpaired) electrons. The van der Waals surface area contributed by atoms with E-state index in [1.165, 1.54) is 25.6 Å². The number of phenols is 1. The van der Waals surface area contributed by atoms with Gasteiger partial charge in [-0.15, -0.1) is 0 Å². The first-order valence-corrected chi connectivity index (χ1v) is 7.61. The molecule has 0 heterocycles. The first kappa shape index (κ1) is 16.8. The number of phenolic OH excluding ortho intramolecular Hbond substituents is 1. The Hall–Kier alpha value is -2.60. The van der Waals surface area contributed by atoms with Crippen molar-refractivity contribution in [1.29, 1.82) is 0 Å². The molecule has 0 aliphatic carbocycles. The van der Waals surface area contributed by atoms with Crippen molar-refractivity contribution in [2.45, 2.75) is 23.6 Å². The Morgan fingerprint density at radius 2 is 1.48 bits per heavy atom. The second-order valence-electron chi connectivity index (χ2n) is 4.71. The minimum Gasteiger partial charge on any atom is -0.508 e. The standard InChI is InChI=1S/C17H15NO4S/c1-11(18-22-12(2)19)17(21)13-3-7-15(8-4-13)23-16-9-5-14(20)6-10-16/h3-10,20H,1-2H3/b18-11+. The third-order valence-electron chi connectivity index (χ3n) is 2.83. The Morgan fingerprint density at radius 1 is 0.957 bits per heavy atom. The third-order valence-corrected chi connectivity index (χ3v) is 3.84. The third kappa shape index (κ3) is 4.96. The first-order chi connectivity index (χ1) is 11.0. The first-order valence-electron chi connectivity index (χ1n) is 6.79. The van der Waals surface area contributed by atoms with Gasteiger partial charge < -0.3 is 9.94 Å². The normalized spacial score (nSPS) is 11.1. The quantitative estimate of drug-likeness (QED) is 0.392. The van der Waals surface area contributed by atoms with Gasteiger partial charge in [-0.1, -0.05) is 16.9 Å². The van der Waals surface area contributed by atoms with Crippen LogP contribution < -0.4 is 0 Å². The second kappa shape index (κ2) is 7.60. The van der Waals surface area contributed by atoms with Crippen LogP contribution in [-0.2, 0) is 9.63 Å². The van der Waals surface area contributed by atoms with Crippen LogP contribution in [0.1, 0.15) is 24.2 Å². The fourth-order valence-corrected chi connectivity index (χ4v) is 2.52. The number of carbonyl (C=O) groups is 2. The molecule has 0 saturated heterocycles. The lowest BCUT2D eigenvalue weighted by Crippen LogP contribution is -2.11. The molecule has 0 bridgehead atoms. The highest BCUT2D eigenvalue weighted by Crippen LogP contribution is 2.28. The minimum atomic E-state index is -0.571. The van der Waals surface area contributed by atoms with Crippen LogP contribution in [0, 0.1) is 0 Å². The predicted molar refractivity (Wildman–Crippen MR) is 87.9 cm³/mol. The number of benzene rings is 2. The summed E-state index contributed by atoms with van der Waals surface area (Å²) in [4.78, 5) is 29.2. The van der Waals surface area contributed by atoms with E-state index in [-0.39, 0.29) is 17.2 Å². The van der Waals surface area contributed by atoms with Crippen LogP contribution in [0.4, 0.5) is 0 Å². The number of nitrogens with zero attached hydrogens (tertiary/aromatic N) is 1. The van der Waals surface area contributed by atoms with E-state index in [1.807, 2.05) is 24.3 Å². The molecule has 1 N–H and O–H groups in total. The Morgan fingerprint density at radius 3 is 2.00 bits per heavy atom. The van der Waals surface area contributed by atoms with E-state index in [0.29, 0.717) is 5.56 Å². The average molecular weight is 329 g/mol. The van der Waals surface area contributed by atoms with Gasteiger partial charge in [-0.3, -0.25) is 4.79 Å². The molecule has 0 aromatic heterocycles.